The SMILES string of the molecule is Cc1ccc(C(=O)N2CCOC(C(=O)O)C2)cc1O. The summed E-state index contributed by atoms with van der Waals surface area (Å²) in [7, 11) is 0. The highest BCUT2D eigenvalue weighted by Crippen LogP contribution is 2.19. The van der Waals surface area contributed by atoms with E-state index < -0.39 is 12.1 Å². The second-order valence-corrected chi connectivity index (χ2v) is 4.45. The van der Waals surface area contributed by atoms with Crippen molar-refractivity contribution in [2.24, 2.45) is 0 Å². The minimum absolute atomic E-state index is 0.0167. The number of benzene rings is 1. The normalized spacial score (nSPS) is 19.2. The lowest BCUT2D eigenvalue weighted by Crippen LogP contribution is -2.48. The van der Waals surface area contributed by atoms with Crippen LogP contribution in [0.1, 0.15) is 15.9 Å². The predicted octanol–water partition coefficient (Wildman–Crippen LogP) is 0.626. The topological polar surface area (TPSA) is 87.1 Å². The van der Waals surface area contributed by atoms with Gasteiger partial charge in [0, 0.05) is 12.1 Å². The standard InChI is InChI=1S/C13H15NO5/c1-8-2-3-9(6-10(8)15)12(16)14-4-5-19-11(7-14)13(17)18/h2-3,6,11,15H,4-5,7H2,1H3,(H,17,18). The summed E-state index contributed by atoms with van der Waals surface area (Å²) >= 11 is 0. The lowest BCUT2D eigenvalue weighted by atomic mass is 10.1. The first-order valence-electron chi connectivity index (χ1n) is 5.92. The summed E-state index contributed by atoms with van der Waals surface area (Å²) < 4.78 is 5.06. The molecule has 0 aliphatic carbocycles. The summed E-state index contributed by atoms with van der Waals surface area (Å²) in [6, 6.07) is 4.66. The number of amides is 1. The number of aliphatic carboxylic acids is 1. The molecule has 1 saturated heterocycles. The Kier molecular flexibility index (Phi) is 3.71. The molecule has 1 aliphatic rings. The number of hydrogen-bond acceptors (Lipinski definition) is 4. The van der Waals surface area contributed by atoms with Crippen LogP contribution in [0.3, 0.4) is 0 Å². The fourth-order valence-corrected chi connectivity index (χ4v) is 1.91. The molecule has 1 aliphatic heterocycles. The maximum absolute atomic E-state index is 12.2. The highest BCUT2D eigenvalue weighted by Gasteiger charge is 2.29. The molecule has 102 valence electrons. The monoisotopic (exact) mass is 265 g/mol. The van der Waals surface area contributed by atoms with Gasteiger partial charge in [0.15, 0.2) is 6.10 Å². The van der Waals surface area contributed by atoms with Gasteiger partial charge in [-0.25, -0.2) is 4.79 Å². The van der Waals surface area contributed by atoms with Gasteiger partial charge in [-0.15, -0.1) is 0 Å². The van der Waals surface area contributed by atoms with Crippen molar-refractivity contribution in [3.63, 3.8) is 0 Å². The Morgan fingerprint density at radius 3 is 2.79 bits per heavy atom. The Morgan fingerprint density at radius 1 is 1.42 bits per heavy atom. The maximum Gasteiger partial charge on any atom is 0.334 e. The summed E-state index contributed by atoms with van der Waals surface area (Å²) in [5.41, 5.74) is 1.02. The van der Waals surface area contributed by atoms with Gasteiger partial charge in [0.25, 0.3) is 5.91 Å². The molecule has 2 N–H and O–H groups in total. The quantitative estimate of drug-likeness (QED) is 0.818. The molecule has 0 spiro atoms. The number of phenolic OH excluding ortho intramolecular Hbond substituents is 1. The van der Waals surface area contributed by atoms with Crippen LogP contribution in [-0.4, -0.2) is 52.8 Å². The highest BCUT2D eigenvalue weighted by atomic mass is 16.5. The van der Waals surface area contributed by atoms with Crippen LogP contribution in [0.25, 0.3) is 0 Å². The zero-order valence-electron chi connectivity index (χ0n) is 10.5. The van der Waals surface area contributed by atoms with E-state index in [9.17, 15) is 14.7 Å². The van der Waals surface area contributed by atoms with Crippen molar-refractivity contribution in [3.05, 3.63) is 29.3 Å². The molecule has 1 fully saturated rings. The number of morpholine rings is 1. The van der Waals surface area contributed by atoms with E-state index in [2.05, 4.69) is 0 Å². The van der Waals surface area contributed by atoms with Crippen LogP contribution in [0.5, 0.6) is 5.75 Å². The van der Waals surface area contributed by atoms with E-state index in [1.54, 1.807) is 19.1 Å². The third kappa shape index (κ3) is 2.85. The van der Waals surface area contributed by atoms with Crippen molar-refractivity contribution in [2.45, 2.75) is 13.0 Å². The van der Waals surface area contributed by atoms with Gasteiger partial charge in [-0.1, -0.05) is 6.07 Å². The van der Waals surface area contributed by atoms with Crippen LogP contribution in [0, 0.1) is 6.92 Å². The molecule has 19 heavy (non-hydrogen) atoms. The number of carboxylic acid groups (broad SMARTS) is 1. The minimum Gasteiger partial charge on any atom is -0.508 e. The fraction of sp³-hybridized carbons (Fsp3) is 0.385. The van der Waals surface area contributed by atoms with Crippen molar-refractivity contribution in [3.8, 4) is 5.75 Å². The summed E-state index contributed by atoms with van der Waals surface area (Å²) in [5.74, 6) is -1.33. The third-order valence-electron chi connectivity index (χ3n) is 3.09. The first kappa shape index (κ1) is 13.4. The molecule has 1 heterocycles. The van der Waals surface area contributed by atoms with Crippen LogP contribution in [0.4, 0.5) is 0 Å². The van der Waals surface area contributed by atoms with E-state index in [0.717, 1.165) is 0 Å². The molecular weight excluding hydrogens is 250 g/mol. The number of hydrogen-bond donors (Lipinski definition) is 2. The maximum atomic E-state index is 12.2. The number of nitrogens with zero attached hydrogens (tertiary/aromatic N) is 1. The first-order chi connectivity index (χ1) is 8.99. The number of carbonyl (C=O) groups is 2. The van der Waals surface area contributed by atoms with E-state index >= 15 is 0 Å². The molecule has 2 rings (SSSR count). The number of aryl methyl sites for hydroxylation is 1. The van der Waals surface area contributed by atoms with Crippen LogP contribution in [0.15, 0.2) is 18.2 Å². The van der Waals surface area contributed by atoms with E-state index in [0.29, 0.717) is 17.7 Å². The van der Waals surface area contributed by atoms with Crippen molar-refractivity contribution in [1.29, 1.82) is 0 Å². The number of carboxylic acids is 1. The highest BCUT2D eigenvalue weighted by molar-refractivity contribution is 5.95. The zero-order valence-corrected chi connectivity index (χ0v) is 10.5. The molecule has 0 saturated carbocycles. The van der Waals surface area contributed by atoms with Gasteiger partial charge in [0.2, 0.25) is 0 Å². The molecule has 0 bridgehead atoms. The number of rotatable bonds is 2. The molecule has 6 heteroatoms. The summed E-state index contributed by atoms with van der Waals surface area (Å²) in [6.07, 6.45) is -0.989. The summed E-state index contributed by atoms with van der Waals surface area (Å²) in [5, 5.41) is 18.5. The van der Waals surface area contributed by atoms with Crippen molar-refractivity contribution in [1.82, 2.24) is 4.90 Å². The van der Waals surface area contributed by atoms with Crippen LogP contribution in [0.2, 0.25) is 0 Å². The molecule has 1 unspecified atom stereocenters. The molecule has 1 atom stereocenters. The van der Waals surface area contributed by atoms with E-state index in [1.807, 2.05) is 0 Å². The van der Waals surface area contributed by atoms with Gasteiger partial charge in [0.05, 0.1) is 13.2 Å². The lowest BCUT2D eigenvalue weighted by Gasteiger charge is -2.31. The number of carbonyl (C=O) groups excluding carboxylic acids is 1. The largest absolute Gasteiger partial charge is 0.508 e. The zero-order chi connectivity index (χ0) is 14.0. The Bertz CT molecular complexity index is 514. The van der Waals surface area contributed by atoms with Gasteiger partial charge in [0.1, 0.15) is 5.75 Å². The summed E-state index contributed by atoms with van der Waals surface area (Å²) in [4.78, 5) is 24.5. The molecule has 1 aromatic rings. The third-order valence-corrected chi connectivity index (χ3v) is 3.09. The van der Waals surface area contributed by atoms with Crippen LogP contribution in [-0.2, 0) is 9.53 Å². The Balaban J connectivity index is 2.14. The Morgan fingerprint density at radius 2 is 2.16 bits per heavy atom. The second kappa shape index (κ2) is 5.27. The lowest BCUT2D eigenvalue weighted by molar-refractivity contribution is -0.154. The van der Waals surface area contributed by atoms with Gasteiger partial charge >= 0.3 is 5.97 Å². The minimum atomic E-state index is -1.08. The first-order valence-corrected chi connectivity index (χ1v) is 5.92. The number of ether oxygens (including phenoxy) is 1. The van der Waals surface area contributed by atoms with Gasteiger partial charge in [-0.2, -0.15) is 0 Å². The number of aromatic hydroxyl groups is 1. The van der Waals surface area contributed by atoms with Gasteiger partial charge < -0.3 is 19.8 Å². The molecule has 0 aromatic heterocycles. The molecular formula is C13H15NO5. The molecule has 6 nitrogen and oxygen atoms in total. The van der Waals surface area contributed by atoms with E-state index in [1.165, 1.54) is 11.0 Å². The van der Waals surface area contributed by atoms with E-state index in [4.69, 9.17) is 9.84 Å². The second-order valence-electron chi connectivity index (χ2n) is 4.45. The Hall–Kier alpha value is -2.08. The van der Waals surface area contributed by atoms with Crippen molar-refractivity contribution < 1.29 is 24.5 Å². The van der Waals surface area contributed by atoms with Crippen molar-refractivity contribution >= 4 is 11.9 Å². The summed E-state index contributed by atoms with van der Waals surface area (Å²) in [6.45, 7) is 2.29. The van der Waals surface area contributed by atoms with Gasteiger partial charge in [-0.3, -0.25) is 4.79 Å². The van der Waals surface area contributed by atoms with Gasteiger partial charge in [-0.05, 0) is 24.6 Å². The predicted molar refractivity (Wildman–Crippen MR) is 66.1 cm³/mol. The average Bonchev–Trinajstić information content (AvgIpc) is 2.41. The fourth-order valence-electron chi connectivity index (χ4n) is 1.91. The smallest absolute Gasteiger partial charge is 0.334 e. The Labute approximate surface area is 110 Å². The molecule has 1 amide bonds. The average molecular weight is 265 g/mol. The van der Waals surface area contributed by atoms with Crippen LogP contribution < -0.4 is 0 Å². The van der Waals surface area contributed by atoms with Crippen LogP contribution >= 0.6 is 0 Å². The van der Waals surface area contributed by atoms with E-state index in [-0.39, 0.29) is 24.8 Å². The number of phenols is 1. The van der Waals surface area contributed by atoms with Crippen molar-refractivity contribution in [2.75, 3.05) is 19.7 Å². The molecule has 0 radical (unpaired) electrons. The molecule has 1 aromatic carbocycles.